The lowest BCUT2D eigenvalue weighted by atomic mass is 9.98. The molecule has 0 bridgehead atoms. The van der Waals surface area contributed by atoms with E-state index in [0.717, 1.165) is 5.56 Å². The van der Waals surface area contributed by atoms with Gasteiger partial charge in [0.15, 0.2) is 0 Å². The molecule has 1 aromatic carbocycles. The summed E-state index contributed by atoms with van der Waals surface area (Å²) in [5, 5.41) is 12.1. The fraction of sp³-hybridized carbons (Fsp3) is 0.571. The van der Waals surface area contributed by atoms with E-state index in [0.29, 0.717) is 6.42 Å². The number of hydrogen-bond acceptors (Lipinski definition) is 5. The van der Waals surface area contributed by atoms with Gasteiger partial charge in [-0.1, -0.05) is 51.1 Å². The fourth-order valence-corrected chi connectivity index (χ4v) is 2.67. The number of carbonyl (C=O) groups excluding carboxylic acids is 2. The summed E-state index contributed by atoms with van der Waals surface area (Å²) in [6.07, 6.45) is -0.659. The van der Waals surface area contributed by atoms with Crippen LogP contribution in [0.25, 0.3) is 0 Å². The van der Waals surface area contributed by atoms with Crippen molar-refractivity contribution < 1.29 is 29.0 Å². The van der Waals surface area contributed by atoms with E-state index in [2.05, 4.69) is 5.32 Å². The molecule has 1 unspecified atom stereocenters. The van der Waals surface area contributed by atoms with Crippen LogP contribution in [0.3, 0.4) is 0 Å². The summed E-state index contributed by atoms with van der Waals surface area (Å²) in [6, 6.07) is 9.34. The van der Waals surface area contributed by atoms with Gasteiger partial charge in [-0.15, -0.1) is 0 Å². The van der Waals surface area contributed by atoms with Gasteiger partial charge in [0, 0.05) is 6.42 Å². The maximum atomic E-state index is 12.6. The van der Waals surface area contributed by atoms with E-state index in [1.807, 2.05) is 30.3 Å². The summed E-state index contributed by atoms with van der Waals surface area (Å²) < 4.78 is 10.5. The summed E-state index contributed by atoms with van der Waals surface area (Å²) in [5.74, 6) is -2.91. The number of esters is 1. The monoisotopic (exact) mass is 393 g/mol. The number of carbonyl (C=O) groups is 3. The van der Waals surface area contributed by atoms with Gasteiger partial charge in [-0.3, -0.25) is 10.1 Å². The van der Waals surface area contributed by atoms with Gasteiger partial charge in [0.05, 0.1) is 5.92 Å². The van der Waals surface area contributed by atoms with E-state index < -0.39 is 35.3 Å². The molecule has 2 atom stereocenters. The zero-order valence-electron chi connectivity index (χ0n) is 17.4. The molecule has 28 heavy (non-hydrogen) atoms. The summed E-state index contributed by atoms with van der Waals surface area (Å²) in [7, 11) is 0. The standard InChI is InChI=1S/C21H31NO6/c1-14(2)13-21(18(24)25,22-19(26)28-20(4,5)6)27-17(23)15(3)12-16-10-8-7-9-11-16/h7-11,14-15H,12-13H2,1-6H3,(H,22,26)(H,24,25)/t15-,21?/m1/s1. The van der Waals surface area contributed by atoms with Gasteiger partial charge >= 0.3 is 18.0 Å². The molecule has 7 nitrogen and oxygen atoms in total. The van der Waals surface area contributed by atoms with Crippen LogP contribution < -0.4 is 5.32 Å². The van der Waals surface area contributed by atoms with Gasteiger partial charge in [-0.2, -0.15) is 0 Å². The van der Waals surface area contributed by atoms with E-state index >= 15 is 0 Å². The highest BCUT2D eigenvalue weighted by molar-refractivity contribution is 5.86. The van der Waals surface area contributed by atoms with Crippen molar-refractivity contribution >= 4 is 18.0 Å². The minimum atomic E-state index is -2.20. The van der Waals surface area contributed by atoms with E-state index in [-0.39, 0.29) is 12.3 Å². The predicted molar refractivity (Wildman–Crippen MR) is 105 cm³/mol. The molecule has 0 aliphatic carbocycles. The summed E-state index contributed by atoms with van der Waals surface area (Å²) >= 11 is 0. The molecule has 0 heterocycles. The van der Waals surface area contributed by atoms with Crippen LogP contribution >= 0.6 is 0 Å². The Morgan fingerprint density at radius 2 is 1.61 bits per heavy atom. The van der Waals surface area contributed by atoms with Gasteiger partial charge in [-0.25, -0.2) is 9.59 Å². The van der Waals surface area contributed by atoms with Crippen molar-refractivity contribution in [2.75, 3.05) is 0 Å². The van der Waals surface area contributed by atoms with Crippen molar-refractivity contribution in [1.82, 2.24) is 5.32 Å². The fourth-order valence-electron chi connectivity index (χ4n) is 2.67. The number of ether oxygens (including phenoxy) is 2. The number of hydrogen-bond donors (Lipinski definition) is 2. The third-order valence-electron chi connectivity index (χ3n) is 3.81. The van der Waals surface area contributed by atoms with Crippen molar-refractivity contribution in [1.29, 1.82) is 0 Å². The van der Waals surface area contributed by atoms with Crippen molar-refractivity contribution in [2.45, 2.75) is 65.7 Å². The van der Waals surface area contributed by atoms with Crippen LogP contribution in [0.2, 0.25) is 0 Å². The Hall–Kier alpha value is -2.57. The van der Waals surface area contributed by atoms with Crippen LogP contribution in [0.4, 0.5) is 4.79 Å². The number of benzene rings is 1. The second-order valence-electron chi connectivity index (χ2n) is 8.37. The molecular weight excluding hydrogens is 362 g/mol. The molecule has 0 aliphatic rings. The number of nitrogens with one attached hydrogen (secondary N) is 1. The Morgan fingerprint density at radius 3 is 2.07 bits per heavy atom. The molecular formula is C21H31NO6. The quantitative estimate of drug-likeness (QED) is 0.515. The molecule has 0 aliphatic heterocycles. The summed E-state index contributed by atoms with van der Waals surface area (Å²) in [4.78, 5) is 36.9. The highest BCUT2D eigenvalue weighted by atomic mass is 16.6. The zero-order valence-corrected chi connectivity index (χ0v) is 17.4. The first-order valence-electron chi connectivity index (χ1n) is 9.36. The normalized spacial score (nSPS) is 14.7. The SMILES string of the molecule is CC(C)CC(NC(=O)OC(C)(C)C)(OC(=O)[C@H](C)Cc1ccccc1)C(=O)O. The second kappa shape index (κ2) is 9.57. The Balaban J connectivity index is 3.01. The van der Waals surface area contributed by atoms with Crippen molar-refractivity contribution in [2.24, 2.45) is 11.8 Å². The van der Waals surface area contributed by atoms with Crippen LogP contribution in [0.1, 0.15) is 53.5 Å². The highest BCUT2D eigenvalue weighted by Gasteiger charge is 2.46. The average molecular weight is 393 g/mol. The molecule has 1 rings (SSSR count). The lowest BCUT2D eigenvalue weighted by molar-refractivity contribution is -0.187. The Kier molecular flexibility index (Phi) is 8.02. The third-order valence-corrected chi connectivity index (χ3v) is 3.81. The molecule has 0 radical (unpaired) electrons. The molecule has 1 aromatic rings. The smallest absolute Gasteiger partial charge is 0.411 e. The maximum Gasteiger partial charge on any atom is 0.411 e. The van der Waals surface area contributed by atoms with Crippen LogP contribution in [0.15, 0.2) is 30.3 Å². The number of aliphatic carboxylic acids is 1. The molecule has 0 saturated heterocycles. The highest BCUT2D eigenvalue weighted by Crippen LogP contribution is 2.23. The Labute approximate surface area is 166 Å². The largest absolute Gasteiger partial charge is 0.477 e. The van der Waals surface area contributed by atoms with E-state index in [4.69, 9.17) is 9.47 Å². The second-order valence-corrected chi connectivity index (χ2v) is 8.37. The van der Waals surface area contributed by atoms with Crippen LogP contribution in [0, 0.1) is 11.8 Å². The lowest BCUT2D eigenvalue weighted by Crippen LogP contribution is -2.59. The average Bonchev–Trinajstić information content (AvgIpc) is 2.52. The van der Waals surface area contributed by atoms with Crippen molar-refractivity contribution in [3.8, 4) is 0 Å². The molecule has 156 valence electrons. The lowest BCUT2D eigenvalue weighted by Gasteiger charge is -2.33. The molecule has 0 fully saturated rings. The van der Waals surface area contributed by atoms with Crippen molar-refractivity contribution in [3.05, 3.63) is 35.9 Å². The molecule has 1 amide bonds. The minimum Gasteiger partial charge on any atom is -0.477 e. The molecule has 2 N–H and O–H groups in total. The van der Waals surface area contributed by atoms with Gasteiger partial charge in [0.2, 0.25) is 0 Å². The van der Waals surface area contributed by atoms with Crippen LogP contribution in [-0.2, 0) is 25.5 Å². The molecule has 0 aromatic heterocycles. The van der Waals surface area contributed by atoms with Gasteiger partial charge in [0.1, 0.15) is 5.60 Å². The number of carboxylic acid groups (broad SMARTS) is 1. The zero-order chi connectivity index (χ0) is 21.5. The molecule has 0 saturated carbocycles. The Bertz CT molecular complexity index is 680. The first-order chi connectivity index (χ1) is 12.8. The number of rotatable bonds is 8. The first-order valence-corrected chi connectivity index (χ1v) is 9.36. The number of amides is 1. The first kappa shape index (κ1) is 23.5. The maximum absolute atomic E-state index is 12.6. The van der Waals surface area contributed by atoms with Crippen LogP contribution in [0.5, 0.6) is 0 Å². The number of carboxylic acids is 1. The van der Waals surface area contributed by atoms with Crippen molar-refractivity contribution in [3.63, 3.8) is 0 Å². The predicted octanol–water partition coefficient (Wildman–Crippen LogP) is 3.76. The van der Waals surface area contributed by atoms with Gasteiger partial charge < -0.3 is 14.6 Å². The molecule has 7 heteroatoms. The summed E-state index contributed by atoms with van der Waals surface area (Å²) in [5.41, 5.74) is -2.09. The third kappa shape index (κ3) is 7.58. The van der Waals surface area contributed by atoms with Crippen LogP contribution in [-0.4, -0.2) is 34.5 Å². The Morgan fingerprint density at radius 1 is 1.04 bits per heavy atom. The van der Waals surface area contributed by atoms with E-state index in [1.165, 1.54) is 0 Å². The minimum absolute atomic E-state index is 0.0919. The number of alkyl carbamates (subject to hydrolysis) is 1. The topological polar surface area (TPSA) is 102 Å². The van der Waals surface area contributed by atoms with E-state index in [1.54, 1.807) is 41.5 Å². The molecule has 0 spiro atoms. The van der Waals surface area contributed by atoms with Gasteiger partial charge in [0.25, 0.3) is 5.72 Å². The summed E-state index contributed by atoms with van der Waals surface area (Å²) in [6.45, 7) is 10.2. The van der Waals surface area contributed by atoms with E-state index in [9.17, 15) is 19.5 Å². The van der Waals surface area contributed by atoms with Gasteiger partial charge in [-0.05, 0) is 38.7 Å².